The van der Waals surface area contributed by atoms with Gasteiger partial charge in [-0.1, -0.05) is 6.07 Å². The Morgan fingerprint density at radius 3 is 2.85 bits per heavy atom. The zero-order valence-electron chi connectivity index (χ0n) is 11.5. The molecule has 1 aromatic rings. The first kappa shape index (κ1) is 13.7. The Kier molecular flexibility index (Phi) is 4.40. The molecular formula is C15H21NO4. The summed E-state index contributed by atoms with van der Waals surface area (Å²) in [6.07, 6.45) is 1.08. The minimum Gasteiger partial charge on any atom is -0.486 e. The van der Waals surface area contributed by atoms with Gasteiger partial charge in [-0.3, -0.25) is 0 Å². The first-order valence-electron chi connectivity index (χ1n) is 7.13. The summed E-state index contributed by atoms with van der Waals surface area (Å²) in [5.41, 5.74) is 7.17. The molecule has 1 aromatic carbocycles. The first-order valence-corrected chi connectivity index (χ1v) is 7.13. The highest BCUT2D eigenvalue weighted by Crippen LogP contribution is 2.32. The van der Waals surface area contributed by atoms with Crippen molar-refractivity contribution in [2.75, 3.05) is 39.6 Å². The Morgan fingerprint density at radius 1 is 1.20 bits per heavy atom. The van der Waals surface area contributed by atoms with Gasteiger partial charge in [-0.2, -0.15) is 0 Å². The molecule has 0 saturated carbocycles. The summed E-state index contributed by atoms with van der Waals surface area (Å²) in [6.45, 7) is 4.07. The Bertz CT molecular complexity index is 445. The summed E-state index contributed by atoms with van der Waals surface area (Å²) >= 11 is 0. The van der Waals surface area contributed by atoms with Gasteiger partial charge < -0.3 is 24.7 Å². The van der Waals surface area contributed by atoms with Crippen molar-refractivity contribution in [2.45, 2.75) is 12.5 Å². The summed E-state index contributed by atoms with van der Waals surface area (Å²) in [4.78, 5) is 0. The number of hydrogen-bond acceptors (Lipinski definition) is 5. The van der Waals surface area contributed by atoms with Crippen molar-refractivity contribution in [3.05, 3.63) is 23.8 Å². The quantitative estimate of drug-likeness (QED) is 0.885. The molecule has 2 aliphatic rings. The van der Waals surface area contributed by atoms with Gasteiger partial charge in [0, 0.05) is 12.5 Å². The van der Waals surface area contributed by atoms with Crippen LogP contribution >= 0.6 is 0 Å². The molecule has 1 fully saturated rings. The second kappa shape index (κ2) is 6.43. The van der Waals surface area contributed by atoms with Gasteiger partial charge in [0.25, 0.3) is 0 Å². The molecule has 2 atom stereocenters. The molecule has 0 spiro atoms. The van der Waals surface area contributed by atoms with Crippen molar-refractivity contribution in [3.8, 4) is 11.5 Å². The molecule has 5 heteroatoms. The Labute approximate surface area is 118 Å². The molecule has 1 saturated heterocycles. The first-order chi connectivity index (χ1) is 9.83. The van der Waals surface area contributed by atoms with E-state index in [1.54, 1.807) is 0 Å². The third-order valence-electron chi connectivity index (χ3n) is 3.67. The summed E-state index contributed by atoms with van der Waals surface area (Å²) < 4.78 is 22.1. The molecule has 0 amide bonds. The number of hydrogen-bond donors (Lipinski definition) is 1. The van der Waals surface area contributed by atoms with Crippen LogP contribution < -0.4 is 15.2 Å². The van der Waals surface area contributed by atoms with E-state index in [2.05, 4.69) is 0 Å². The van der Waals surface area contributed by atoms with E-state index >= 15 is 0 Å². The average molecular weight is 279 g/mol. The third kappa shape index (κ3) is 3.23. The van der Waals surface area contributed by atoms with Crippen molar-refractivity contribution in [3.63, 3.8) is 0 Å². The third-order valence-corrected chi connectivity index (χ3v) is 3.67. The number of rotatable bonds is 5. The highest BCUT2D eigenvalue weighted by molar-refractivity contribution is 5.44. The second-order valence-corrected chi connectivity index (χ2v) is 5.28. The molecule has 2 unspecified atom stereocenters. The minimum absolute atomic E-state index is 0.145. The molecule has 0 aromatic heterocycles. The molecular weight excluding hydrogens is 258 g/mol. The van der Waals surface area contributed by atoms with E-state index in [1.807, 2.05) is 18.2 Å². The van der Waals surface area contributed by atoms with Crippen molar-refractivity contribution in [2.24, 2.45) is 11.7 Å². The summed E-state index contributed by atoms with van der Waals surface area (Å²) in [6, 6.07) is 5.68. The molecule has 0 aliphatic carbocycles. The van der Waals surface area contributed by atoms with E-state index in [1.165, 1.54) is 0 Å². The van der Waals surface area contributed by atoms with E-state index in [0.717, 1.165) is 43.3 Å². The van der Waals surface area contributed by atoms with Gasteiger partial charge in [0.15, 0.2) is 11.5 Å². The molecule has 0 radical (unpaired) electrons. The van der Waals surface area contributed by atoms with Gasteiger partial charge in [0.1, 0.15) is 13.2 Å². The largest absolute Gasteiger partial charge is 0.486 e. The lowest BCUT2D eigenvalue weighted by Gasteiger charge is -2.20. The zero-order valence-corrected chi connectivity index (χ0v) is 11.5. The van der Waals surface area contributed by atoms with E-state index in [0.29, 0.717) is 25.7 Å². The van der Waals surface area contributed by atoms with Crippen LogP contribution in [0.5, 0.6) is 11.5 Å². The van der Waals surface area contributed by atoms with Crippen LogP contribution in [-0.2, 0) is 9.47 Å². The van der Waals surface area contributed by atoms with Gasteiger partial charge in [0.05, 0.1) is 25.9 Å². The lowest BCUT2D eigenvalue weighted by Crippen LogP contribution is -2.21. The summed E-state index contributed by atoms with van der Waals surface area (Å²) in [5.74, 6) is 2.08. The smallest absolute Gasteiger partial charge is 0.161 e. The minimum atomic E-state index is -0.145. The maximum Gasteiger partial charge on any atom is 0.161 e. The maximum absolute atomic E-state index is 6.16. The number of nitrogens with two attached hydrogens (primary N) is 1. The molecule has 20 heavy (non-hydrogen) atoms. The Balaban J connectivity index is 1.52. The van der Waals surface area contributed by atoms with Gasteiger partial charge in [0.2, 0.25) is 0 Å². The zero-order chi connectivity index (χ0) is 13.8. The van der Waals surface area contributed by atoms with Gasteiger partial charge in [-0.05, 0) is 24.1 Å². The lowest BCUT2D eigenvalue weighted by molar-refractivity contribution is 0.0807. The topological polar surface area (TPSA) is 62.9 Å². The van der Waals surface area contributed by atoms with E-state index in [4.69, 9.17) is 24.7 Å². The fourth-order valence-electron chi connectivity index (χ4n) is 2.46. The van der Waals surface area contributed by atoms with Gasteiger partial charge in [-0.15, -0.1) is 0 Å². The van der Waals surface area contributed by atoms with Crippen LogP contribution in [0.25, 0.3) is 0 Å². The van der Waals surface area contributed by atoms with E-state index < -0.39 is 0 Å². The number of benzene rings is 1. The van der Waals surface area contributed by atoms with E-state index in [9.17, 15) is 0 Å². The fourth-order valence-corrected chi connectivity index (χ4v) is 2.46. The van der Waals surface area contributed by atoms with Gasteiger partial charge >= 0.3 is 0 Å². The Morgan fingerprint density at radius 2 is 2.05 bits per heavy atom. The predicted molar refractivity (Wildman–Crippen MR) is 74.1 cm³/mol. The molecule has 2 aliphatic heterocycles. The van der Waals surface area contributed by atoms with Crippen molar-refractivity contribution in [1.29, 1.82) is 0 Å². The van der Waals surface area contributed by atoms with Crippen molar-refractivity contribution < 1.29 is 18.9 Å². The average Bonchev–Trinajstić information content (AvgIpc) is 3.00. The SMILES string of the molecule is NC(COCC1CCOC1)c1ccc2c(c1)OCCO2. The number of fused-ring (bicyclic) bond motifs is 1. The highest BCUT2D eigenvalue weighted by atomic mass is 16.6. The molecule has 2 heterocycles. The lowest BCUT2D eigenvalue weighted by atomic mass is 10.1. The summed E-state index contributed by atoms with van der Waals surface area (Å²) in [5, 5.41) is 0. The molecule has 110 valence electrons. The van der Waals surface area contributed by atoms with Crippen LogP contribution in [0.15, 0.2) is 18.2 Å². The monoisotopic (exact) mass is 279 g/mol. The maximum atomic E-state index is 6.16. The summed E-state index contributed by atoms with van der Waals surface area (Å²) in [7, 11) is 0. The second-order valence-electron chi connectivity index (χ2n) is 5.28. The highest BCUT2D eigenvalue weighted by Gasteiger charge is 2.18. The van der Waals surface area contributed by atoms with Crippen molar-refractivity contribution in [1.82, 2.24) is 0 Å². The van der Waals surface area contributed by atoms with Crippen LogP contribution in [0.2, 0.25) is 0 Å². The standard InChI is InChI=1S/C15H21NO4/c16-13(10-18-9-11-3-4-17-8-11)12-1-2-14-15(7-12)20-6-5-19-14/h1-2,7,11,13H,3-6,8-10,16H2. The molecule has 0 bridgehead atoms. The molecule has 2 N–H and O–H groups in total. The van der Waals surface area contributed by atoms with Crippen LogP contribution in [0.4, 0.5) is 0 Å². The molecule has 5 nitrogen and oxygen atoms in total. The van der Waals surface area contributed by atoms with Crippen LogP contribution in [0.3, 0.4) is 0 Å². The number of ether oxygens (including phenoxy) is 4. The molecule has 3 rings (SSSR count). The van der Waals surface area contributed by atoms with Crippen LogP contribution in [-0.4, -0.2) is 39.6 Å². The predicted octanol–water partition coefficient (Wildman–Crippen LogP) is 1.51. The fraction of sp³-hybridized carbons (Fsp3) is 0.600. The van der Waals surface area contributed by atoms with E-state index in [-0.39, 0.29) is 6.04 Å². The van der Waals surface area contributed by atoms with Crippen LogP contribution in [0.1, 0.15) is 18.0 Å². The Hall–Kier alpha value is -1.30. The van der Waals surface area contributed by atoms with Crippen LogP contribution in [0, 0.1) is 5.92 Å². The van der Waals surface area contributed by atoms with Gasteiger partial charge in [-0.25, -0.2) is 0 Å². The van der Waals surface area contributed by atoms with Crippen molar-refractivity contribution >= 4 is 0 Å². The normalized spacial score (nSPS) is 22.8.